The summed E-state index contributed by atoms with van der Waals surface area (Å²) in [6.07, 6.45) is 0.820. The third-order valence-electron chi connectivity index (χ3n) is 6.32. The van der Waals surface area contributed by atoms with Crippen molar-refractivity contribution in [1.82, 2.24) is 9.80 Å². The lowest BCUT2D eigenvalue weighted by molar-refractivity contribution is 0.0720. The molecule has 1 aliphatic rings. The molecule has 1 atom stereocenters. The van der Waals surface area contributed by atoms with Crippen molar-refractivity contribution in [3.8, 4) is 5.75 Å². The maximum atomic E-state index is 13.6. The second-order valence-corrected chi connectivity index (χ2v) is 8.23. The number of hydrogen-bond donors (Lipinski definition) is 0. The summed E-state index contributed by atoms with van der Waals surface area (Å²) in [7, 11) is 1.62. The second-order valence-electron chi connectivity index (χ2n) is 8.23. The predicted molar refractivity (Wildman–Crippen MR) is 125 cm³/mol. The van der Waals surface area contributed by atoms with Gasteiger partial charge >= 0.3 is 0 Å². The fraction of sp³-hybridized carbons (Fsp3) is 0.385. The molecule has 2 aromatic carbocycles. The van der Waals surface area contributed by atoms with Gasteiger partial charge in [0, 0.05) is 6.54 Å². The van der Waals surface area contributed by atoms with Crippen LogP contribution < -0.4 is 10.2 Å². The summed E-state index contributed by atoms with van der Waals surface area (Å²) in [6.45, 7) is 9.59. The molecule has 0 saturated carbocycles. The zero-order chi connectivity index (χ0) is 22.8. The first kappa shape index (κ1) is 22.1. The van der Waals surface area contributed by atoms with Gasteiger partial charge in [0.15, 0.2) is 5.43 Å². The first-order chi connectivity index (χ1) is 15.5. The molecular weight excluding hydrogens is 404 g/mol. The molecule has 2 heterocycles. The smallest absolute Gasteiger partial charge is 0.290 e. The lowest BCUT2D eigenvalue weighted by Crippen LogP contribution is -2.33. The standard InChI is InChI=1S/C26H30N2O4/c1-5-27(6-2)14-7-15-28-23(18-9-11-19(31-4)12-10-18)22-24(29)20-16-17(3)8-13-21(20)32-25(22)26(28)30/h8-13,16,23H,5-7,14-15H2,1-4H3/t23-/m0/s1. The minimum absolute atomic E-state index is 0.134. The number of methoxy groups -OCH3 is 1. The molecule has 0 N–H and O–H groups in total. The van der Waals surface area contributed by atoms with Crippen LogP contribution in [0.2, 0.25) is 0 Å². The molecule has 0 spiro atoms. The summed E-state index contributed by atoms with van der Waals surface area (Å²) in [5.41, 5.74) is 2.60. The number of fused-ring (bicyclic) bond motifs is 2. The zero-order valence-corrected chi connectivity index (χ0v) is 19.2. The molecule has 0 unspecified atom stereocenters. The number of nitrogens with zero attached hydrogens (tertiary/aromatic N) is 2. The Balaban J connectivity index is 1.79. The molecule has 1 aromatic heterocycles. The zero-order valence-electron chi connectivity index (χ0n) is 19.2. The minimum Gasteiger partial charge on any atom is -0.497 e. The van der Waals surface area contributed by atoms with Gasteiger partial charge in [-0.2, -0.15) is 0 Å². The van der Waals surface area contributed by atoms with Gasteiger partial charge in [-0.3, -0.25) is 9.59 Å². The molecule has 1 aliphatic heterocycles. The van der Waals surface area contributed by atoms with E-state index in [0.29, 0.717) is 23.1 Å². The highest BCUT2D eigenvalue weighted by molar-refractivity contribution is 5.99. The normalized spacial score (nSPS) is 15.6. The Kier molecular flexibility index (Phi) is 6.33. The summed E-state index contributed by atoms with van der Waals surface area (Å²) >= 11 is 0. The third kappa shape index (κ3) is 3.91. The monoisotopic (exact) mass is 434 g/mol. The van der Waals surface area contributed by atoms with E-state index >= 15 is 0 Å². The Bertz CT molecular complexity index is 1180. The maximum Gasteiger partial charge on any atom is 0.290 e. The van der Waals surface area contributed by atoms with E-state index in [-0.39, 0.29) is 17.1 Å². The highest BCUT2D eigenvalue weighted by atomic mass is 16.5. The van der Waals surface area contributed by atoms with Crippen LogP contribution in [0.25, 0.3) is 11.0 Å². The first-order valence-electron chi connectivity index (χ1n) is 11.2. The van der Waals surface area contributed by atoms with E-state index < -0.39 is 6.04 Å². The van der Waals surface area contributed by atoms with Crippen LogP contribution in [0.1, 0.15) is 53.6 Å². The number of ether oxygens (including phenoxy) is 1. The molecule has 168 valence electrons. The minimum atomic E-state index is -0.471. The number of rotatable bonds is 8. The molecule has 0 bridgehead atoms. The molecule has 0 saturated heterocycles. The Hall–Kier alpha value is -3.12. The summed E-state index contributed by atoms with van der Waals surface area (Å²) in [5, 5.41) is 0.514. The van der Waals surface area contributed by atoms with Crippen molar-refractivity contribution in [2.45, 2.75) is 33.2 Å². The van der Waals surface area contributed by atoms with Crippen molar-refractivity contribution < 1.29 is 13.9 Å². The second kappa shape index (κ2) is 9.17. The van der Waals surface area contributed by atoms with Gasteiger partial charge in [-0.1, -0.05) is 37.6 Å². The Morgan fingerprint density at radius 2 is 1.78 bits per heavy atom. The number of carbonyl (C=O) groups is 1. The van der Waals surface area contributed by atoms with E-state index in [2.05, 4.69) is 18.7 Å². The SMILES string of the molecule is CCN(CC)CCCN1C(=O)c2oc3ccc(C)cc3c(=O)c2[C@@H]1c1ccc(OC)cc1. The Morgan fingerprint density at radius 1 is 1.06 bits per heavy atom. The average molecular weight is 435 g/mol. The first-order valence-corrected chi connectivity index (χ1v) is 11.2. The average Bonchev–Trinajstić information content (AvgIpc) is 3.09. The molecule has 4 rings (SSSR count). The lowest BCUT2D eigenvalue weighted by atomic mass is 9.98. The fourth-order valence-corrected chi connectivity index (χ4v) is 4.50. The van der Waals surface area contributed by atoms with Crippen LogP contribution in [0, 0.1) is 6.92 Å². The Labute approximate surface area is 188 Å². The molecule has 0 fully saturated rings. The summed E-state index contributed by atoms with van der Waals surface area (Å²) in [6, 6.07) is 12.6. The maximum absolute atomic E-state index is 13.6. The van der Waals surface area contributed by atoms with Crippen LogP contribution >= 0.6 is 0 Å². The molecule has 0 aliphatic carbocycles. The van der Waals surface area contributed by atoms with Crippen molar-refractivity contribution in [3.63, 3.8) is 0 Å². The molecule has 3 aromatic rings. The number of aryl methyl sites for hydroxylation is 1. The van der Waals surface area contributed by atoms with Gasteiger partial charge in [0.1, 0.15) is 11.3 Å². The summed E-state index contributed by atoms with van der Waals surface area (Å²) < 4.78 is 11.3. The van der Waals surface area contributed by atoms with E-state index in [9.17, 15) is 9.59 Å². The van der Waals surface area contributed by atoms with Crippen LogP contribution in [0.3, 0.4) is 0 Å². The topological polar surface area (TPSA) is 63.0 Å². The fourth-order valence-electron chi connectivity index (χ4n) is 4.50. The van der Waals surface area contributed by atoms with E-state index in [4.69, 9.17) is 9.15 Å². The highest BCUT2D eigenvalue weighted by Crippen LogP contribution is 2.38. The molecule has 6 nitrogen and oxygen atoms in total. The third-order valence-corrected chi connectivity index (χ3v) is 6.32. The van der Waals surface area contributed by atoms with Crippen LogP contribution in [-0.2, 0) is 0 Å². The van der Waals surface area contributed by atoms with Crippen LogP contribution in [0.4, 0.5) is 0 Å². The predicted octanol–water partition coefficient (Wildman–Crippen LogP) is 4.39. The number of carbonyl (C=O) groups excluding carboxylic acids is 1. The van der Waals surface area contributed by atoms with Crippen LogP contribution in [0.15, 0.2) is 51.7 Å². The van der Waals surface area contributed by atoms with Gasteiger partial charge in [-0.25, -0.2) is 0 Å². The van der Waals surface area contributed by atoms with Gasteiger partial charge < -0.3 is 19.0 Å². The highest BCUT2D eigenvalue weighted by Gasteiger charge is 2.42. The van der Waals surface area contributed by atoms with Crippen molar-refractivity contribution in [2.24, 2.45) is 0 Å². The van der Waals surface area contributed by atoms with E-state index in [1.165, 1.54) is 0 Å². The number of hydrogen-bond acceptors (Lipinski definition) is 5. The van der Waals surface area contributed by atoms with Gasteiger partial charge in [0.05, 0.1) is 24.1 Å². The van der Waals surface area contributed by atoms with Crippen LogP contribution in [-0.4, -0.2) is 49.0 Å². The Morgan fingerprint density at radius 3 is 2.44 bits per heavy atom. The van der Waals surface area contributed by atoms with E-state index in [0.717, 1.165) is 42.9 Å². The van der Waals surface area contributed by atoms with E-state index in [1.54, 1.807) is 18.1 Å². The van der Waals surface area contributed by atoms with Crippen molar-refractivity contribution in [3.05, 3.63) is 75.1 Å². The van der Waals surface area contributed by atoms with Crippen molar-refractivity contribution in [2.75, 3.05) is 33.3 Å². The van der Waals surface area contributed by atoms with Gasteiger partial charge in [0.25, 0.3) is 5.91 Å². The lowest BCUT2D eigenvalue weighted by Gasteiger charge is -2.26. The molecular formula is C26H30N2O4. The number of amides is 1. The molecule has 32 heavy (non-hydrogen) atoms. The van der Waals surface area contributed by atoms with Gasteiger partial charge in [0.2, 0.25) is 5.76 Å². The van der Waals surface area contributed by atoms with Gasteiger partial charge in [-0.15, -0.1) is 0 Å². The van der Waals surface area contributed by atoms with E-state index in [1.807, 2.05) is 43.3 Å². The quantitative estimate of drug-likeness (QED) is 0.526. The summed E-state index contributed by atoms with van der Waals surface area (Å²) in [4.78, 5) is 31.1. The van der Waals surface area contributed by atoms with Crippen LogP contribution in [0.5, 0.6) is 5.75 Å². The molecule has 1 amide bonds. The van der Waals surface area contributed by atoms with Gasteiger partial charge in [-0.05, 0) is 62.8 Å². The molecule has 0 radical (unpaired) electrons. The molecule has 6 heteroatoms. The number of benzene rings is 2. The van der Waals surface area contributed by atoms with Crippen molar-refractivity contribution >= 4 is 16.9 Å². The largest absolute Gasteiger partial charge is 0.497 e. The summed E-state index contributed by atoms with van der Waals surface area (Å²) in [5.74, 6) is 0.669. The van der Waals surface area contributed by atoms with Crippen molar-refractivity contribution in [1.29, 1.82) is 0 Å².